The van der Waals surface area contributed by atoms with Crippen molar-refractivity contribution in [3.05, 3.63) is 200 Å². The largest absolute Gasteiger partial charge is 0.208 e. The molecule has 1 heterocycles. The lowest BCUT2D eigenvalue weighted by molar-refractivity contribution is 1.08. The number of benzene rings is 10. The Morgan fingerprint density at radius 1 is 0.224 bits per heavy atom. The molecule has 58 heavy (non-hydrogen) atoms. The van der Waals surface area contributed by atoms with Crippen LogP contribution in [-0.2, 0) is 0 Å². The maximum Gasteiger partial charge on any atom is 0.164 e. The van der Waals surface area contributed by atoms with Crippen molar-refractivity contribution in [3.8, 4) is 56.4 Å². The number of aromatic nitrogens is 3. The van der Waals surface area contributed by atoms with Gasteiger partial charge in [-0.3, -0.25) is 0 Å². The van der Waals surface area contributed by atoms with Gasteiger partial charge in [0.05, 0.1) is 0 Å². The number of nitrogens with zero attached hydrogens (tertiary/aromatic N) is 3. The molecule has 12 rings (SSSR count). The summed E-state index contributed by atoms with van der Waals surface area (Å²) in [5.74, 6) is 1.89. The van der Waals surface area contributed by atoms with E-state index >= 15 is 0 Å². The van der Waals surface area contributed by atoms with Gasteiger partial charge in [0.1, 0.15) is 0 Å². The normalized spacial score (nSPS) is 11.8. The average Bonchev–Trinajstić information content (AvgIpc) is 3.30. The fourth-order valence-electron chi connectivity index (χ4n) is 9.18. The Labute approximate surface area is 334 Å². The van der Waals surface area contributed by atoms with Crippen LogP contribution in [0.1, 0.15) is 0 Å². The standard InChI is InChI=1S/C55H33N3/c1-3-13-34(14-4-1)39-20-9-21-41(31-39)53-56-54(58-55(57-53)47-23-8-7-22-43(47)35-15-5-2-6-16-35)42-32-40-30-29-38-18-11-25-45-44-24-10-17-36-27-28-37-19-12-26-46(51(37)49(36)44)48(33-42)52(40)50(38)45/h1-33H. The summed E-state index contributed by atoms with van der Waals surface area (Å²) < 4.78 is 0. The third kappa shape index (κ3) is 5.11. The van der Waals surface area contributed by atoms with E-state index in [1.165, 1.54) is 59.2 Å². The Kier molecular flexibility index (Phi) is 7.23. The highest BCUT2D eigenvalue weighted by Crippen LogP contribution is 2.44. The molecule has 1 aromatic heterocycles. The van der Waals surface area contributed by atoms with Crippen molar-refractivity contribution in [2.24, 2.45) is 0 Å². The van der Waals surface area contributed by atoms with Crippen LogP contribution >= 0.6 is 0 Å². The van der Waals surface area contributed by atoms with Crippen molar-refractivity contribution in [1.82, 2.24) is 15.0 Å². The second-order valence-electron chi connectivity index (χ2n) is 15.1. The second kappa shape index (κ2) is 12.9. The molecule has 0 aliphatic carbocycles. The van der Waals surface area contributed by atoms with Crippen LogP contribution in [0.25, 0.3) is 121 Å². The molecule has 3 heteroatoms. The van der Waals surface area contributed by atoms with E-state index in [0.29, 0.717) is 17.5 Å². The topological polar surface area (TPSA) is 38.7 Å². The van der Waals surface area contributed by atoms with Crippen molar-refractivity contribution < 1.29 is 0 Å². The maximum atomic E-state index is 5.37. The zero-order valence-corrected chi connectivity index (χ0v) is 31.4. The van der Waals surface area contributed by atoms with Crippen LogP contribution in [0, 0.1) is 0 Å². The predicted octanol–water partition coefficient (Wildman–Crippen LogP) is 14.6. The molecule has 0 N–H and O–H groups in total. The maximum absolute atomic E-state index is 5.37. The molecule has 3 nitrogen and oxygen atoms in total. The summed E-state index contributed by atoms with van der Waals surface area (Å²) in [5, 5.41) is 14.8. The lowest BCUT2D eigenvalue weighted by Gasteiger charge is -2.17. The van der Waals surface area contributed by atoms with Gasteiger partial charge >= 0.3 is 0 Å². The Hall–Kier alpha value is -7.75. The van der Waals surface area contributed by atoms with Gasteiger partial charge in [-0.1, -0.05) is 182 Å². The summed E-state index contributed by atoms with van der Waals surface area (Å²) in [5.41, 5.74) is 7.27. The van der Waals surface area contributed by atoms with Crippen LogP contribution in [-0.4, -0.2) is 15.0 Å². The molecule has 0 saturated carbocycles. The van der Waals surface area contributed by atoms with E-state index in [1.807, 2.05) is 12.1 Å². The number of fused-ring (bicyclic) bond motifs is 2. The van der Waals surface area contributed by atoms with Gasteiger partial charge in [-0.25, -0.2) is 15.0 Å². The lowest BCUT2D eigenvalue weighted by Crippen LogP contribution is -2.01. The van der Waals surface area contributed by atoms with Crippen LogP contribution in [0.5, 0.6) is 0 Å². The Morgan fingerprint density at radius 2 is 0.672 bits per heavy atom. The molecule has 0 bridgehead atoms. The second-order valence-corrected chi connectivity index (χ2v) is 15.1. The van der Waals surface area contributed by atoms with Crippen molar-refractivity contribution in [3.63, 3.8) is 0 Å². The van der Waals surface area contributed by atoms with Crippen LogP contribution in [0.4, 0.5) is 0 Å². The van der Waals surface area contributed by atoms with Crippen LogP contribution in [0.2, 0.25) is 0 Å². The molecule has 12 aromatic rings. The first-order chi connectivity index (χ1) is 28.7. The Morgan fingerprint density at radius 3 is 1.31 bits per heavy atom. The van der Waals surface area contributed by atoms with Crippen molar-refractivity contribution in [2.45, 2.75) is 0 Å². The summed E-state index contributed by atoms with van der Waals surface area (Å²) >= 11 is 0. The van der Waals surface area contributed by atoms with E-state index in [1.54, 1.807) is 0 Å². The highest BCUT2D eigenvalue weighted by molar-refractivity contribution is 6.37. The fraction of sp³-hybridized carbons (Fsp3) is 0. The van der Waals surface area contributed by atoms with Crippen LogP contribution in [0.3, 0.4) is 0 Å². The van der Waals surface area contributed by atoms with E-state index in [9.17, 15) is 0 Å². The van der Waals surface area contributed by atoms with Gasteiger partial charge in [0.25, 0.3) is 0 Å². The van der Waals surface area contributed by atoms with E-state index in [4.69, 9.17) is 15.0 Å². The molecule has 11 aromatic carbocycles. The number of hydrogen-bond donors (Lipinski definition) is 0. The molecule has 0 spiro atoms. The minimum atomic E-state index is 0.630. The Bertz CT molecular complexity index is 3550. The third-order valence-electron chi connectivity index (χ3n) is 11.8. The van der Waals surface area contributed by atoms with E-state index in [0.717, 1.165) is 44.3 Å². The molecular formula is C55H33N3. The highest BCUT2D eigenvalue weighted by Gasteiger charge is 2.20. The zero-order valence-electron chi connectivity index (χ0n) is 31.4. The summed E-state index contributed by atoms with van der Waals surface area (Å²) in [6, 6.07) is 71.7. The van der Waals surface area contributed by atoms with Crippen molar-refractivity contribution >= 4 is 64.6 Å². The molecular weight excluding hydrogens is 703 g/mol. The predicted molar refractivity (Wildman–Crippen MR) is 243 cm³/mol. The fourth-order valence-corrected chi connectivity index (χ4v) is 9.18. The first-order valence-corrected chi connectivity index (χ1v) is 19.8. The van der Waals surface area contributed by atoms with Gasteiger partial charge in [0, 0.05) is 16.7 Å². The van der Waals surface area contributed by atoms with Crippen LogP contribution in [0.15, 0.2) is 200 Å². The molecule has 0 radical (unpaired) electrons. The number of rotatable bonds is 5. The van der Waals surface area contributed by atoms with Gasteiger partial charge in [-0.2, -0.15) is 0 Å². The monoisotopic (exact) mass is 735 g/mol. The van der Waals surface area contributed by atoms with Gasteiger partial charge in [0.15, 0.2) is 17.5 Å². The Balaban J connectivity index is 1.19. The van der Waals surface area contributed by atoms with Crippen LogP contribution < -0.4 is 0 Å². The summed E-state index contributed by atoms with van der Waals surface area (Å²) in [4.78, 5) is 16.0. The first-order valence-electron chi connectivity index (χ1n) is 19.8. The smallest absolute Gasteiger partial charge is 0.164 e. The molecule has 0 atom stereocenters. The van der Waals surface area contributed by atoms with Gasteiger partial charge in [-0.05, 0) is 105 Å². The SMILES string of the molecule is c1ccc(-c2cccc(-c3nc(-c4cc5ccc6cccc7c8cccc9ccc%10cccc(c(c4)c5c67)c%10c98)nc(-c4ccccc4-c4ccccc4)n3)c2)cc1. The zero-order chi connectivity index (χ0) is 38.2. The first kappa shape index (κ1) is 32.5. The molecule has 0 amide bonds. The molecule has 268 valence electrons. The molecule has 0 unspecified atom stereocenters. The van der Waals surface area contributed by atoms with E-state index in [2.05, 4.69) is 188 Å². The lowest BCUT2D eigenvalue weighted by atomic mass is 9.87. The highest BCUT2D eigenvalue weighted by atomic mass is 15.0. The summed E-state index contributed by atoms with van der Waals surface area (Å²) in [6.45, 7) is 0. The molecule has 0 aliphatic rings. The average molecular weight is 736 g/mol. The minimum absolute atomic E-state index is 0.630. The van der Waals surface area contributed by atoms with Gasteiger partial charge in [0.2, 0.25) is 0 Å². The molecule has 0 aliphatic heterocycles. The van der Waals surface area contributed by atoms with Crippen molar-refractivity contribution in [2.75, 3.05) is 0 Å². The van der Waals surface area contributed by atoms with Gasteiger partial charge < -0.3 is 0 Å². The summed E-state index contributed by atoms with van der Waals surface area (Å²) in [7, 11) is 0. The van der Waals surface area contributed by atoms with Crippen molar-refractivity contribution in [1.29, 1.82) is 0 Å². The van der Waals surface area contributed by atoms with E-state index < -0.39 is 0 Å². The molecule has 0 fully saturated rings. The quantitative estimate of drug-likeness (QED) is 0.165. The summed E-state index contributed by atoms with van der Waals surface area (Å²) in [6.07, 6.45) is 0. The van der Waals surface area contributed by atoms with Gasteiger partial charge in [-0.15, -0.1) is 0 Å². The van der Waals surface area contributed by atoms with E-state index in [-0.39, 0.29) is 0 Å². The third-order valence-corrected chi connectivity index (χ3v) is 11.8. The number of hydrogen-bond acceptors (Lipinski definition) is 3. The minimum Gasteiger partial charge on any atom is -0.208 e. The molecule has 0 saturated heterocycles.